The third-order valence-corrected chi connectivity index (χ3v) is 1.48. The van der Waals surface area contributed by atoms with Crippen LogP contribution in [-0.4, -0.2) is 18.9 Å². The van der Waals surface area contributed by atoms with Crippen LogP contribution in [0.5, 0.6) is 5.75 Å². The van der Waals surface area contributed by atoms with Gasteiger partial charge in [-0.3, -0.25) is 9.59 Å². The van der Waals surface area contributed by atoms with Crippen LogP contribution in [-0.2, 0) is 9.59 Å². The Labute approximate surface area is 80.9 Å². The van der Waals surface area contributed by atoms with Crippen molar-refractivity contribution in [3.8, 4) is 5.75 Å². The lowest BCUT2D eigenvalue weighted by atomic mass is 10.3. The number of carbonyl (C=O) groups excluding carboxylic acids is 2. The second-order valence-electron chi connectivity index (χ2n) is 2.46. The summed E-state index contributed by atoms with van der Waals surface area (Å²) in [6.07, 6.45) is 0.570. The van der Waals surface area contributed by atoms with E-state index in [1.54, 1.807) is 24.3 Å². The van der Waals surface area contributed by atoms with Crippen molar-refractivity contribution in [1.82, 2.24) is 0 Å². The van der Waals surface area contributed by atoms with Gasteiger partial charge in [-0.2, -0.15) is 0 Å². The first-order valence-electron chi connectivity index (χ1n) is 3.97. The summed E-state index contributed by atoms with van der Waals surface area (Å²) in [5, 5.41) is 2.46. The van der Waals surface area contributed by atoms with Crippen molar-refractivity contribution >= 4 is 18.1 Å². The number of nitrogens with one attached hydrogen (secondary N) is 1. The number of hydrogen-bond donors (Lipinski definition) is 2. The van der Waals surface area contributed by atoms with Crippen LogP contribution in [0.2, 0.25) is 0 Å². The van der Waals surface area contributed by atoms with Crippen molar-refractivity contribution < 1.29 is 14.3 Å². The summed E-state index contributed by atoms with van der Waals surface area (Å²) in [6.45, 7) is -0.158. The van der Waals surface area contributed by atoms with Gasteiger partial charge in [0.15, 0.2) is 0 Å². The number of carbonyl (C=O) groups is 2. The largest absolute Gasteiger partial charge is 0.426 e. The van der Waals surface area contributed by atoms with E-state index < -0.39 is 5.97 Å². The first-order chi connectivity index (χ1) is 6.76. The highest BCUT2D eigenvalue weighted by Gasteiger charge is 2.00. The second kappa shape index (κ2) is 4.98. The third kappa shape index (κ3) is 2.87. The molecule has 0 saturated carbocycles. The molecule has 0 bridgehead atoms. The van der Waals surface area contributed by atoms with Gasteiger partial charge in [-0.15, -0.1) is 0 Å². The first-order valence-corrected chi connectivity index (χ1v) is 3.97. The van der Waals surface area contributed by atoms with Crippen molar-refractivity contribution in [2.75, 3.05) is 11.9 Å². The number of nitrogens with two attached hydrogens (primary N) is 1. The predicted molar refractivity (Wildman–Crippen MR) is 50.8 cm³/mol. The Balaban J connectivity index is 2.63. The minimum atomic E-state index is -0.499. The fourth-order valence-corrected chi connectivity index (χ4v) is 0.860. The highest BCUT2D eigenvalue weighted by molar-refractivity contribution is 5.75. The first kappa shape index (κ1) is 10.2. The molecule has 0 unspecified atom stereocenters. The monoisotopic (exact) mass is 194 g/mol. The molecule has 0 atom stereocenters. The SMILES string of the molecule is NCC(=O)Oc1ccc(NC=O)cc1. The zero-order valence-electron chi connectivity index (χ0n) is 7.40. The summed E-state index contributed by atoms with van der Waals surface area (Å²) >= 11 is 0. The second-order valence-corrected chi connectivity index (χ2v) is 2.46. The Morgan fingerprint density at radius 1 is 1.43 bits per heavy atom. The quantitative estimate of drug-likeness (QED) is 0.405. The molecule has 0 aliphatic rings. The fourth-order valence-electron chi connectivity index (χ4n) is 0.860. The van der Waals surface area contributed by atoms with Gasteiger partial charge in [0.05, 0.1) is 6.54 Å². The molecular weight excluding hydrogens is 184 g/mol. The van der Waals surface area contributed by atoms with E-state index in [2.05, 4.69) is 5.32 Å². The molecule has 0 aliphatic heterocycles. The molecule has 5 nitrogen and oxygen atoms in total. The minimum absolute atomic E-state index is 0.158. The van der Waals surface area contributed by atoms with E-state index in [-0.39, 0.29) is 6.54 Å². The van der Waals surface area contributed by atoms with Gasteiger partial charge in [0.2, 0.25) is 6.41 Å². The van der Waals surface area contributed by atoms with Gasteiger partial charge < -0.3 is 15.8 Å². The molecule has 74 valence electrons. The summed E-state index contributed by atoms with van der Waals surface area (Å²) in [4.78, 5) is 20.8. The molecule has 1 amide bonds. The molecule has 1 aromatic carbocycles. The summed E-state index contributed by atoms with van der Waals surface area (Å²) in [5.41, 5.74) is 5.70. The number of ether oxygens (including phenoxy) is 1. The number of amides is 1. The van der Waals surface area contributed by atoms with Crippen molar-refractivity contribution in [3.63, 3.8) is 0 Å². The Hall–Kier alpha value is -1.88. The van der Waals surface area contributed by atoms with Crippen LogP contribution in [0.25, 0.3) is 0 Å². The summed E-state index contributed by atoms with van der Waals surface area (Å²) < 4.78 is 4.82. The molecule has 0 radical (unpaired) electrons. The standard InChI is InChI=1S/C9H10N2O3/c10-5-9(13)14-8-3-1-7(2-4-8)11-6-12/h1-4,6H,5,10H2,(H,11,12). The Morgan fingerprint density at radius 2 is 2.07 bits per heavy atom. The van der Waals surface area contributed by atoms with E-state index in [4.69, 9.17) is 10.5 Å². The smallest absolute Gasteiger partial charge is 0.325 e. The van der Waals surface area contributed by atoms with Crippen LogP contribution in [0, 0.1) is 0 Å². The molecule has 0 aliphatic carbocycles. The van der Waals surface area contributed by atoms with Crippen LogP contribution in [0.15, 0.2) is 24.3 Å². The lowest BCUT2D eigenvalue weighted by Crippen LogP contribution is -2.19. The molecular formula is C9H10N2O3. The molecule has 0 heterocycles. The Morgan fingerprint density at radius 3 is 2.57 bits per heavy atom. The molecule has 0 saturated heterocycles. The van der Waals surface area contributed by atoms with Gasteiger partial charge in [0, 0.05) is 5.69 Å². The van der Waals surface area contributed by atoms with E-state index in [0.717, 1.165) is 0 Å². The highest BCUT2D eigenvalue weighted by atomic mass is 16.5. The lowest BCUT2D eigenvalue weighted by Gasteiger charge is -2.03. The normalized spacial score (nSPS) is 9.21. The number of benzene rings is 1. The molecule has 14 heavy (non-hydrogen) atoms. The topological polar surface area (TPSA) is 81.4 Å². The summed E-state index contributed by atoms with van der Waals surface area (Å²) in [7, 11) is 0. The van der Waals surface area contributed by atoms with Gasteiger partial charge >= 0.3 is 5.97 Å². The van der Waals surface area contributed by atoms with Crippen LogP contribution < -0.4 is 15.8 Å². The Kier molecular flexibility index (Phi) is 3.63. The van der Waals surface area contributed by atoms with Crippen molar-refractivity contribution in [1.29, 1.82) is 0 Å². The maximum atomic E-state index is 10.8. The zero-order valence-corrected chi connectivity index (χ0v) is 7.40. The number of hydrogen-bond acceptors (Lipinski definition) is 4. The lowest BCUT2D eigenvalue weighted by molar-refractivity contribution is -0.132. The van der Waals surface area contributed by atoms with Crippen molar-refractivity contribution in [2.45, 2.75) is 0 Å². The van der Waals surface area contributed by atoms with Crippen molar-refractivity contribution in [2.24, 2.45) is 5.73 Å². The van der Waals surface area contributed by atoms with Crippen LogP contribution in [0.1, 0.15) is 0 Å². The molecule has 3 N–H and O–H groups in total. The number of rotatable bonds is 4. The molecule has 1 aromatic rings. The number of anilines is 1. The van der Waals surface area contributed by atoms with E-state index in [1.165, 1.54) is 0 Å². The average molecular weight is 194 g/mol. The number of esters is 1. The van der Waals surface area contributed by atoms with E-state index in [9.17, 15) is 9.59 Å². The predicted octanol–water partition coefficient (Wildman–Crippen LogP) is 0.119. The maximum absolute atomic E-state index is 10.8. The van der Waals surface area contributed by atoms with E-state index >= 15 is 0 Å². The molecule has 0 spiro atoms. The van der Waals surface area contributed by atoms with E-state index in [0.29, 0.717) is 17.8 Å². The Bertz CT molecular complexity index is 321. The van der Waals surface area contributed by atoms with Gasteiger partial charge in [0.25, 0.3) is 0 Å². The van der Waals surface area contributed by atoms with Crippen LogP contribution in [0.3, 0.4) is 0 Å². The summed E-state index contributed by atoms with van der Waals surface area (Å²) in [5.74, 6) is -0.0991. The minimum Gasteiger partial charge on any atom is -0.426 e. The van der Waals surface area contributed by atoms with E-state index in [1.807, 2.05) is 0 Å². The third-order valence-electron chi connectivity index (χ3n) is 1.48. The van der Waals surface area contributed by atoms with Crippen LogP contribution >= 0.6 is 0 Å². The van der Waals surface area contributed by atoms with Crippen molar-refractivity contribution in [3.05, 3.63) is 24.3 Å². The summed E-state index contributed by atoms with van der Waals surface area (Å²) in [6, 6.07) is 6.37. The van der Waals surface area contributed by atoms with Gasteiger partial charge in [-0.25, -0.2) is 0 Å². The zero-order chi connectivity index (χ0) is 10.4. The highest BCUT2D eigenvalue weighted by Crippen LogP contribution is 2.14. The molecule has 0 fully saturated rings. The van der Waals surface area contributed by atoms with Gasteiger partial charge in [-0.1, -0.05) is 0 Å². The molecule has 1 rings (SSSR count). The maximum Gasteiger partial charge on any atom is 0.325 e. The average Bonchev–Trinajstić information content (AvgIpc) is 2.21. The molecule has 0 aromatic heterocycles. The fraction of sp³-hybridized carbons (Fsp3) is 0.111. The molecule has 5 heteroatoms. The van der Waals surface area contributed by atoms with Gasteiger partial charge in [0.1, 0.15) is 5.75 Å². The van der Waals surface area contributed by atoms with Crippen LogP contribution in [0.4, 0.5) is 5.69 Å². The van der Waals surface area contributed by atoms with Gasteiger partial charge in [-0.05, 0) is 24.3 Å².